The molecule has 0 spiro atoms. The highest BCUT2D eigenvalue weighted by Gasteiger charge is 2.22. The molecule has 0 aromatic carbocycles. The minimum absolute atomic E-state index is 0.272. The first-order chi connectivity index (χ1) is 4.84. The fraction of sp³-hybridized carbons (Fsp3) is 1.00. The molecule has 0 bridgehead atoms. The topological polar surface area (TPSA) is 9.23 Å². The van der Waals surface area contributed by atoms with E-state index < -0.39 is 0 Å². The van der Waals surface area contributed by atoms with Crippen LogP contribution in [0.3, 0.4) is 0 Å². The molecular weight excluding hydrogens is 148 g/mol. The highest BCUT2D eigenvalue weighted by Crippen LogP contribution is 2.22. The van der Waals surface area contributed by atoms with Crippen LogP contribution in [0.15, 0.2) is 0 Å². The molecule has 0 amide bonds. The Hall–Kier alpha value is 0.250. The van der Waals surface area contributed by atoms with Gasteiger partial charge in [-0.05, 0) is 19.3 Å². The molecule has 1 fully saturated rings. The molecule has 0 N–H and O–H groups in total. The van der Waals surface area contributed by atoms with Gasteiger partial charge in [-0.1, -0.05) is 13.3 Å². The van der Waals surface area contributed by atoms with Crippen LogP contribution in [0.2, 0.25) is 0 Å². The van der Waals surface area contributed by atoms with E-state index in [1.165, 1.54) is 6.42 Å². The van der Waals surface area contributed by atoms with Crippen LogP contribution in [-0.4, -0.2) is 18.1 Å². The second-order valence-electron chi connectivity index (χ2n) is 2.86. The van der Waals surface area contributed by atoms with Crippen molar-refractivity contribution in [1.29, 1.82) is 0 Å². The summed E-state index contributed by atoms with van der Waals surface area (Å²) in [4.78, 5) is 0. The van der Waals surface area contributed by atoms with E-state index >= 15 is 0 Å². The summed E-state index contributed by atoms with van der Waals surface area (Å²) < 4.78 is 5.50. The Bertz CT molecular complexity index is 93.3. The van der Waals surface area contributed by atoms with Gasteiger partial charge in [0.05, 0.1) is 11.5 Å². The first kappa shape index (κ1) is 8.35. The number of ether oxygens (including phenoxy) is 1. The van der Waals surface area contributed by atoms with E-state index in [0.717, 1.165) is 25.9 Å². The number of hydrogen-bond acceptors (Lipinski definition) is 1. The van der Waals surface area contributed by atoms with Crippen LogP contribution in [-0.2, 0) is 4.74 Å². The Kier molecular flexibility index (Phi) is 3.50. The lowest BCUT2D eigenvalue weighted by molar-refractivity contribution is 0.0142. The molecule has 2 heteroatoms. The van der Waals surface area contributed by atoms with Gasteiger partial charge >= 0.3 is 0 Å². The van der Waals surface area contributed by atoms with Gasteiger partial charge in [0.1, 0.15) is 0 Å². The first-order valence-corrected chi connectivity index (χ1v) is 4.54. The van der Waals surface area contributed by atoms with Crippen molar-refractivity contribution < 1.29 is 4.74 Å². The van der Waals surface area contributed by atoms with E-state index in [0.29, 0.717) is 6.10 Å². The monoisotopic (exact) mass is 162 g/mol. The molecular formula is C8H15ClO. The molecule has 1 saturated heterocycles. The van der Waals surface area contributed by atoms with Crippen LogP contribution in [0, 0.1) is 0 Å². The zero-order chi connectivity index (χ0) is 7.40. The average Bonchev–Trinajstić information content (AvgIpc) is 1.94. The van der Waals surface area contributed by atoms with Gasteiger partial charge in [-0.2, -0.15) is 0 Å². The minimum Gasteiger partial charge on any atom is -0.377 e. The summed E-state index contributed by atoms with van der Waals surface area (Å²) in [6, 6.07) is 0. The smallest absolute Gasteiger partial charge is 0.0738 e. The van der Waals surface area contributed by atoms with Gasteiger partial charge in [-0.15, -0.1) is 11.6 Å². The molecule has 2 atom stereocenters. The summed E-state index contributed by atoms with van der Waals surface area (Å²) in [5, 5.41) is 0.272. The molecule has 1 nitrogen and oxygen atoms in total. The molecule has 0 radical (unpaired) electrons. The van der Waals surface area contributed by atoms with Crippen molar-refractivity contribution in [2.45, 2.75) is 44.1 Å². The van der Waals surface area contributed by atoms with Gasteiger partial charge in [0.2, 0.25) is 0 Å². The summed E-state index contributed by atoms with van der Waals surface area (Å²) in [6.45, 7) is 3.08. The maximum absolute atomic E-state index is 6.04. The van der Waals surface area contributed by atoms with Crippen molar-refractivity contribution in [2.75, 3.05) is 6.61 Å². The van der Waals surface area contributed by atoms with Gasteiger partial charge in [0.25, 0.3) is 0 Å². The highest BCUT2D eigenvalue weighted by atomic mass is 35.5. The third-order valence-electron chi connectivity index (χ3n) is 1.93. The molecule has 1 rings (SSSR count). The van der Waals surface area contributed by atoms with Crippen molar-refractivity contribution in [2.24, 2.45) is 0 Å². The van der Waals surface area contributed by atoms with Gasteiger partial charge in [-0.3, -0.25) is 0 Å². The lowest BCUT2D eigenvalue weighted by atomic mass is 10.0. The summed E-state index contributed by atoms with van der Waals surface area (Å²) in [5.41, 5.74) is 0. The van der Waals surface area contributed by atoms with Crippen LogP contribution in [0.1, 0.15) is 32.6 Å². The lowest BCUT2D eigenvalue weighted by Gasteiger charge is -2.26. The van der Waals surface area contributed by atoms with Crippen molar-refractivity contribution >= 4 is 11.6 Å². The van der Waals surface area contributed by atoms with Crippen molar-refractivity contribution in [3.63, 3.8) is 0 Å². The number of halogens is 1. The SMILES string of the molecule is CCC[C@@H]1OCCC[C@@H]1Cl. The maximum atomic E-state index is 6.04. The zero-order valence-electron chi connectivity index (χ0n) is 6.48. The van der Waals surface area contributed by atoms with Crippen LogP contribution in [0.25, 0.3) is 0 Å². The van der Waals surface area contributed by atoms with E-state index in [9.17, 15) is 0 Å². The Balaban J connectivity index is 2.25. The number of rotatable bonds is 2. The second-order valence-corrected chi connectivity index (χ2v) is 3.42. The summed E-state index contributed by atoms with van der Waals surface area (Å²) in [6.07, 6.45) is 4.89. The summed E-state index contributed by atoms with van der Waals surface area (Å²) in [7, 11) is 0. The molecule has 0 aromatic heterocycles. The summed E-state index contributed by atoms with van der Waals surface area (Å²) in [5.74, 6) is 0. The van der Waals surface area contributed by atoms with Crippen LogP contribution in [0.5, 0.6) is 0 Å². The fourth-order valence-electron chi connectivity index (χ4n) is 1.35. The Morgan fingerprint density at radius 3 is 3.00 bits per heavy atom. The molecule has 10 heavy (non-hydrogen) atoms. The van der Waals surface area contributed by atoms with Crippen molar-refractivity contribution in [1.82, 2.24) is 0 Å². The minimum atomic E-state index is 0.272. The van der Waals surface area contributed by atoms with Crippen molar-refractivity contribution in [3.8, 4) is 0 Å². The van der Waals surface area contributed by atoms with Gasteiger partial charge in [0, 0.05) is 6.61 Å². The van der Waals surface area contributed by atoms with E-state index in [1.807, 2.05) is 0 Å². The molecule has 1 aliphatic heterocycles. The Labute approximate surface area is 67.7 Å². The zero-order valence-corrected chi connectivity index (χ0v) is 7.23. The summed E-state index contributed by atoms with van der Waals surface area (Å²) >= 11 is 6.04. The predicted molar refractivity (Wildman–Crippen MR) is 43.5 cm³/mol. The Morgan fingerprint density at radius 1 is 1.60 bits per heavy atom. The standard InChI is InChI=1S/C8H15ClO/c1-2-4-8-7(9)5-3-6-10-8/h7-8H,2-6H2,1H3/t7-,8-/m0/s1. The first-order valence-electron chi connectivity index (χ1n) is 4.10. The predicted octanol–water partition coefficient (Wildman–Crippen LogP) is 2.57. The molecule has 0 unspecified atom stereocenters. The van der Waals surface area contributed by atoms with Crippen LogP contribution in [0.4, 0.5) is 0 Å². The third-order valence-corrected chi connectivity index (χ3v) is 2.43. The van der Waals surface area contributed by atoms with Gasteiger partial charge < -0.3 is 4.74 Å². The molecule has 0 aliphatic carbocycles. The lowest BCUT2D eigenvalue weighted by Crippen LogP contribution is -2.29. The van der Waals surface area contributed by atoms with Crippen LogP contribution < -0.4 is 0 Å². The van der Waals surface area contributed by atoms with E-state index in [2.05, 4.69) is 6.92 Å². The third kappa shape index (κ3) is 2.14. The van der Waals surface area contributed by atoms with Crippen molar-refractivity contribution in [3.05, 3.63) is 0 Å². The molecule has 0 aromatic rings. The quantitative estimate of drug-likeness (QED) is 0.568. The largest absolute Gasteiger partial charge is 0.377 e. The van der Waals surface area contributed by atoms with Gasteiger partial charge in [-0.25, -0.2) is 0 Å². The molecule has 0 saturated carbocycles. The average molecular weight is 163 g/mol. The van der Waals surface area contributed by atoms with E-state index in [-0.39, 0.29) is 5.38 Å². The highest BCUT2D eigenvalue weighted by molar-refractivity contribution is 6.21. The molecule has 60 valence electrons. The molecule has 1 heterocycles. The van der Waals surface area contributed by atoms with Crippen LogP contribution >= 0.6 is 11.6 Å². The number of hydrogen-bond donors (Lipinski definition) is 0. The van der Waals surface area contributed by atoms with Gasteiger partial charge in [0.15, 0.2) is 0 Å². The van der Waals surface area contributed by atoms with E-state index in [4.69, 9.17) is 16.3 Å². The number of alkyl halides is 1. The maximum Gasteiger partial charge on any atom is 0.0738 e. The Morgan fingerprint density at radius 2 is 2.40 bits per heavy atom. The fourth-order valence-corrected chi connectivity index (χ4v) is 1.71. The molecule has 1 aliphatic rings. The second kappa shape index (κ2) is 4.20. The normalized spacial score (nSPS) is 34.2. The van der Waals surface area contributed by atoms with E-state index in [1.54, 1.807) is 0 Å².